The molecule has 1 heterocycles. The van der Waals surface area contributed by atoms with Crippen LogP contribution >= 0.6 is 11.8 Å². The number of thioether (sulfide) groups is 1. The minimum absolute atomic E-state index is 0.0897. The van der Waals surface area contributed by atoms with Gasteiger partial charge in [-0.1, -0.05) is 18.2 Å². The zero-order chi connectivity index (χ0) is 14.7. The maximum absolute atomic E-state index is 12.9. The van der Waals surface area contributed by atoms with Crippen LogP contribution in [0.1, 0.15) is 23.6 Å². The highest BCUT2D eigenvalue weighted by molar-refractivity contribution is 7.99. The molecular weight excluding hydrogens is 285 g/mol. The second-order valence-corrected chi connectivity index (χ2v) is 6.25. The molecular formula is C17H18FNOS. The van der Waals surface area contributed by atoms with Crippen LogP contribution in [0.4, 0.5) is 4.39 Å². The van der Waals surface area contributed by atoms with Crippen LogP contribution in [-0.4, -0.2) is 12.4 Å². The molecule has 1 unspecified atom stereocenters. The lowest BCUT2D eigenvalue weighted by atomic mass is 9.99. The van der Waals surface area contributed by atoms with Crippen LogP contribution in [0.15, 0.2) is 47.4 Å². The predicted octanol–water partition coefficient (Wildman–Crippen LogP) is 3.94. The Hall–Kier alpha value is -1.52. The molecule has 0 aliphatic carbocycles. The molecule has 2 aromatic rings. The van der Waals surface area contributed by atoms with Gasteiger partial charge in [-0.05, 0) is 42.7 Å². The summed E-state index contributed by atoms with van der Waals surface area (Å²) in [5, 5.41) is 0. The van der Waals surface area contributed by atoms with Crippen LogP contribution in [0.25, 0.3) is 0 Å². The van der Waals surface area contributed by atoms with E-state index < -0.39 is 0 Å². The summed E-state index contributed by atoms with van der Waals surface area (Å²) >= 11 is 1.64. The lowest BCUT2D eigenvalue weighted by Crippen LogP contribution is -2.18. The van der Waals surface area contributed by atoms with E-state index in [1.165, 1.54) is 17.7 Å². The number of benzene rings is 2. The van der Waals surface area contributed by atoms with Gasteiger partial charge in [0, 0.05) is 22.3 Å². The van der Waals surface area contributed by atoms with Gasteiger partial charge in [0.25, 0.3) is 0 Å². The number of rotatable bonds is 4. The lowest BCUT2D eigenvalue weighted by Gasteiger charge is -2.23. The van der Waals surface area contributed by atoms with E-state index in [0.29, 0.717) is 0 Å². The van der Waals surface area contributed by atoms with Crippen LogP contribution in [-0.2, 0) is 6.42 Å². The molecule has 0 saturated heterocycles. The first-order valence-electron chi connectivity index (χ1n) is 7.12. The number of fused-ring (bicyclic) bond motifs is 1. The van der Waals surface area contributed by atoms with E-state index in [9.17, 15) is 4.39 Å². The quantitative estimate of drug-likeness (QED) is 0.869. The van der Waals surface area contributed by atoms with Gasteiger partial charge < -0.3 is 10.5 Å². The summed E-state index contributed by atoms with van der Waals surface area (Å²) in [5.74, 6) is 1.50. The minimum atomic E-state index is -0.214. The summed E-state index contributed by atoms with van der Waals surface area (Å²) < 4.78 is 18.7. The molecule has 1 aliphatic rings. The molecule has 110 valence electrons. The maximum Gasteiger partial charge on any atom is 0.127 e. The first-order valence-corrected chi connectivity index (χ1v) is 8.11. The van der Waals surface area contributed by atoms with E-state index in [2.05, 4.69) is 6.07 Å². The second kappa shape index (κ2) is 6.50. The van der Waals surface area contributed by atoms with Crippen molar-refractivity contribution in [1.82, 2.24) is 0 Å². The van der Waals surface area contributed by atoms with Crippen molar-refractivity contribution < 1.29 is 9.13 Å². The van der Waals surface area contributed by atoms with Crippen molar-refractivity contribution in [3.05, 3.63) is 59.4 Å². The van der Waals surface area contributed by atoms with Gasteiger partial charge in [0.2, 0.25) is 0 Å². The van der Waals surface area contributed by atoms with Crippen LogP contribution in [0.3, 0.4) is 0 Å². The van der Waals surface area contributed by atoms with E-state index in [0.717, 1.165) is 41.4 Å². The Balaban J connectivity index is 1.70. The van der Waals surface area contributed by atoms with Crippen LogP contribution in [0.2, 0.25) is 0 Å². The molecule has 2 nitrogen and oxygen atoms in total. The zero-order valence-corrected chi connectivity index (χ0v) is 12.5. The number of halogens is 1. The summed E-state index contributed by atoms with van der Waals surface area (Å²) in [6.45, 7) is 0.766. The number of para-hydroxylation sites is 1. The fourth-order valence-electron chi connectivity index (χ4n) is 2.51. The summed E-state index contributed by atoms with van der Waals surface area (Å²) in [6, 6.07) is 12.6. The fourth-order valence-corrected chi connectivity index (χ4v) is 3.39. The third kappa shape index (κ3) is 3.39. The molecule has 2 aromatic carbocycles. The van der Waals surface area contributed by atoms with Gasteiger partial charge in [-0.15, -0.1) is 11.8 Å². The zero-order valence-electron chi connectivity index (χ0n) is 11.7. The molecule has 2 N–H and O–H groups in total. The van der Waals surface area contributed by atoms with Crippen molar-refractivity contribution in [1.29, 1.82) is 0 Å². The van der Waals surface area contributed by atoms with Gasteiger partial charge in [0.15, 0.2) is 0 Å². The third-order valence-electron chi connectivity index (χ3n) is 3.61. The highest BCUT2D eigenvalue weighted by Gasteiger charge is 2.18. The summed E-state index contributed by atoms with van der Waals surface area (Å²) in [6.07, 6.45) is 2.12. The van der Waals surface area contributed by atoms with Crippen molar-refractivity contribution in [2.24, 2.45) is 5.73 Å². The predicted molar refractivity (Wildman–Crippen MR) is 84.3 cm³/mol. The van der Waals surface area contributed by atoms with Gasteiger partial charge in [-0.2, -0.15) is 0 Å². The molecule has 1 aliphatic heterocycles. The third-order valence-corrected chi connectivity index (χ3v) is 4.74. The van der Waals surface area contributed by atoms with Gasteiger partial charge in [-0.25, -0.2) is 4.39 Å². The Kier molecular flexibility index (Phi) is 4.46. The molecule has 3 rings (SSSR count). The molecule has 0 saturated carbocycles. The molecule has 0 aromatic heterocycles. The molecule has 1 atom stereocenters. The highest BCUT2D eigenvalue weighted by Crippen LogP contribution is 2.34. The number of aryl methyl sites for hydroxylation is 1. The van der Waals surface area contributed by atoms with Crippen LogP contribution in [0.5, 0.6) is 5.75 Å². The van der Waals surface area contributed by atoms with Gasteiger partial charge in [0.05, 0.1) is 6.61 Å². The molecule has 4 heteroatoms. The minimum Gasteiger partial charge on any atom is -0.493 e. The lowest BCUT2D eigenvalue weighted by molar-refractivity contribution is 0.284. The normalized spacial score (nSPS) is 15.1. The standard InChI is InChI=1S/C17H18FNOS/c18-13-6-8-14(9-7-13)21-11-16(19)15-5-1-3-12-4-2-10-20-17(12)15/h1,3,5-9,16H,2,4,10-11,19H2. The van der Waals surface area contributed by atoms with Gasteiger partial charge in [-0.3, -0.25) is 0 Å². The van der Waals surface area contributed by atoms with Crippen LogP contribution < -0.4 is 10.5 Å². The summed E-state index contributed by atoms with van der Waals surface area (Å²) in [4.78, 5) is 1.03. The van der Waals surface area contributed by atoms with Crippen molar-refractivity contribution in [3.63, 3.8) is 0 Å². The highest BCUT2D eigenvalue weighted by atomic mass is 32.2. The second-order valence-electron chi connectivity index (χ2n) is 5.16. The largest absolute Gasteiger partial charge is 0.493 e. The van der Waals surface area contributed by atoms with Crippen molar-refractivity contribution >= 4 is 11.8 Å². The van der Waals surface area contributed by atoms with Gasteiger partial charge >= 0.3 is 0 Å². The summed E-state index contributed by atoms with van der Waals surface area (Å²) in [5.41, 5.74) is 8.64. The Morgan fingerprint density at radius 2 is 2.00 bits per heavy atom. The van der Waals surface area contributed by atoms with E-state index in [-0.39, 0.29) is 11.9 Å². The molecule has 0 bridgehead atoms. The monoisotopic (exact) mass is 303 g/mol. The average Bonchev–Trinajstić information content (AvgIpc) is 2.53. The van der Waals surface area contributed by atoms with Gasteiger partial charge in [0.1, 0.15) is 11.6 Å². The summed E-state index contributed by atoms with van der Waals surface area (Å²) in [7, 11) is 0. The van der Waals surface area contributed by atoms with E-state index >= 15 is 0 Å². The van der Waals surface area contributed by atoms with E-state index in [1.54, 1.807) is 23.9 Å². The van der Waals surface area contributed by atoms with Crippen LogP contribution in [0, 0.1) is 5.82 Å². The Morgan fingerprint density at radius 1 is 1.19 bits per heavy atom. The van der Waals surface area contributed by atoms with E-state index in [4.69, 9.17) is 10.5 Å². The first-order chi connectivity index (χ1) is 10.2. The molecule has 0 fully saturated rings. The topological polar surface area (TPSA) is 35.2 Å². The Morgan fingerprint density at radius 3 is 2.81 bits per heavy atom. The average molecular weight is 303 g/mol. The Bertz CT molecular complexity index is 615. The number of nitrogens with two attached hydrogens (primary N) is 1. The molecule has 0 radical (unpaired) electrons. The van der Waals surface area contributed by atoms with Crippen molar-refractivity contribution in [2.75, 3.05) is 12.4 Å². The Labute approximate surface area is 128 Å². The molecule has 0 amide bonds. The molecule has 21 heavy (non-hydrogen) atoms. The van der Waals surface area contributed by atoms with Crippen molar-refractivity contribution in [3.8, 4) is 5.75 Å². The maximum atomic E-state index is 12.9. The fraction of sp³-hybridized carbons (Fsp3) is 0.294. The number of hydrogen-bond donors (Lipinski definition) is 1. The number of ether oxygens (including phenoxy) is 1. The van der Waals surface area contributed by atoms with Crippen molar-refractivity contribution in [2.45, 2.75) is 23.8 Å². The number of hydrogen-bond acceptors (Lipinski definition) is 3. The first kappa shape index (κ1) is 14.4. The molecule has 0 spiro atoms. The SMILES string of the molecule is NC(CSc1ccc(F)cc1)c1cccc2c1OCCC2. The smallest absolute Gasteiger partial charge is 0.127 e. The van der Waals surface area contributed by atoms with E-state index in [1.807, 2.05) is 12.1 Å².